The molecule has 7 nitrogen and oxygen atoms in total. The molecule has 0 bridgehead atoms. The Bertz CT molecular complexity index is 1670. The Morgan fingerprint density at radius 1 is 0.886 bits per heavy atom. The van der Waals surface area contributed by atoms with Crippen molar-refractivity contribution < 1.29 is 18.0 Å². The maximum atomic E-state index is 14.4. The van der Waals surface area contributed by atoms with Crippen molar-refractivity contribution in [1.29, 1.82) is 0 Å². The normalized spacial score (nSPS) is 11.9. The summed E-state index contributed by atoms with van der Waals surface area (Å²) in [7, 11) is -4.17. The molecule has 2 amide bonds. The summed E-state index contributed by atoms with van der Waals surface area (Å²) in [6.45, 7) is 3.82. The Morgan fingerprint density at radius 3 is 2.20 bits per heavy atom. The predicted octanol–water partition coefficient (Wildman–Crippen LogP) is 6.77. The van der Waals surface area contributed by atoms with Crippen LogP contribution in [0, 0.1) is 6.92 Å². The van der Waals surface area contributed by atoms with E-state index < -0.39 is 28.5 Å². The molecule has 4 aromatic carbocycles. The van der Waals surface area contributed by atoms with Gasteiger partial charge >= 0.3 is 0 Å². The molecule has 4 rings (SSSR count). The largest absolute Gasteiger partial charge is 0.354 e. The zero-order valence-electron chi connectivity index (χ0n) is 24.6. The molecule has 0 aliphatic heterocycles. The predicted molar refractivity (Wildman–Crippen MR) is 179 cm³/mol. The highest BCUT2D eigenvalue weighted by Gasteiger charge is 2.34. The molecule has 0 aliphatic carbocycles. The minimum atomic E-state index is -4.17. The summed E-state index contributed by atoms with van der Waals surface area (Å²) < 4.78 is 29.9. The van der Waals surface area contributed by atoms with Gasteiger partial charge in [0.05, 0.1) is 10.6 Å². The van der Waals surface area contributed by atoms with Gasteiger partial charge in [-0.2, -0.15) is 0 Å². The van der Waals surface area contributed by atoms with Crippen LogP contribution in [0.1, 0.15) is 30.0 Å². The summed E-state index contributed by atoms with van der Waals surface area (Å²) in [4.78, 5) is 29.6. The van der Waals surface area contributed by atoms with Crippen molar-refractivity contribution >= 4 is 55.1 Å². The van der Waals surface area contributed by atoms with E-state index in [2.05, 4.69) is 21.2 Å². The standard InChI is InChI=1S/C34H35BrClN3O4S/c1-3-20-37-34(41)32(21-26-8-5-4-6-9-26)38(23-27-14-16-29(36)17-15-27)33(40)24-39(30-11-7-10-28(35)22-30)44(42,43)31-18-12-25(2)13-19-31/h4-19,22,32H,3,20-21,23-24H2,1-2H3,(H,37,41). The van der Waals surface area contributed by atoms with Crippen molar-refractivity contribution in [1.82, 2.24) is 10.2 Å². The van der Waals surface area contributed by atoms with Crippen LogP contribution in [-0.2, 0) is 32.6 Å². The van der Waals surface area contributed by atoms with Crippen LogP contribution in [0.4, 0.5) is 5.69 Å². The molecule has 44 heavy (non-hydrogen) atoms. The van der Waals surface area contributed by atoms with Crippen LogP contribution in [-0.4, -0.2) is 44.3 Å². The number of anilines is 1. The van der Waals surface area contributed by atoms with Gasteiger partial charge in [0.2, 0.25) is 11.8 Å². The van der Waals surface area contributed by atoms with Crippen molar-refractivity contribution in [3.05, 3.63) is 129 Å². The number of carbonyl (C=O) groups excluding carboxylic acids is 2. The molecule has 0 heterocycles. The van der Waals surface area contributed by atoms with Gasteiger partial charge in [-0.3, -0.25) is 13.9 Å². The Hall–Kier alpha value is -3.66. The van der Waals surface area contributed by atoms with Crippen LogP contribution in [0.3, 0.4) is 0 Å². The first-order valence-electron chi connectivity index (χ1n) is 14.3. The zero-order chi connectivity index (χ0) is 31.7. The Morgan fingerprint density at radius 2 is 1.57 bits per heavy atom. The zero-order valence-corrected chi connectivity index (χ0v) is 27.8. The summed E-state index contributed by atoms with van der Waals surface area (Å²) >= 11 is 9.57. The van der Waals surface area contributed by atoms with E-state index in [1.165, 1.54) is 17.0 Å². The van der Waals surface area contributed by atoms with E-state index in [9.17, 15) is 18.0 Å². The molecule has 1 N–H and O–H groups in total. The number of benzene rings is 4. The molecule has 0 aromatic heterocycles. The third-order valence-corrected chi connectivity index (χ3v) is 9.60. The molecule has 0 radical (unpaired) electrons. The molecular weight excluding hydrogens is 662 g/mol. The van der Waals surface area contributed by atoms with Gasteiger partial charge in [-0.25, -0.2) is 8.42 Å². The lowest BCUT2D eigenvalue weighted by Gasteiger charge is -2.34. The number of nitrogens with zero attached hydrogens (tertiary/aromatic N) is 2. The van der Waals surface area contributed by atoms with Crippen molar-refractivity contribution in [2.45, 2.75) is 44.2 Å². The summed E-state index contributed by atoms with van der Waals surface area (Å²) in [5.74, 6) is -0.836. The topological polar surface area (TPSA) is 86.8 Å². The number of aryl methyl sites for hydroxylation is 1. The smallest absolute Gasteiger partial charge is 0.264 e. The number of sulfonamides is 1. The highest BCUT2D eigenvalue weighted by atomic mass is 79.9. The second kappa shape index (κ2) is 15.4. The van der Waals surface area contributed by atoms with E-state index >= 15 is 0 Å². The number of amides is 2. The molecule has 10 heteroatoms. The van der Waals surface area contributed by atoms with Crippen LogP contribution in [0.15, 0.2) is 112 Å². The third-order valence-electron chi connectivity index (χ3n) is 7.07. The fourth-order valence-corrected chi connectivity index (χ4v) is 6.62. The van der Waals surface area contributed by atoms with Gasteiger partial charge in [0, 0.05) is 29.0 Å². The highest BCUT2D eigenvalue weighted by molar-refractivity contribution is 9.10. The molecule has 1 unspecified atom stereocenters. The van der Waals surface area contributed by atoms with Gasteiger partial charge < -0.3 is 10.2 Å². The number of carbonyl (C=O) groups is 2. The fourth-order valence-electron chi connectivity index (χ4n) is 4.70. The number of hydrogen-bond donors (Lipinski definition) is 1. The first kappa shape index (κ1) is 33.2. The van der Waals surface area contributed by atoms with Crippen molar-refractivity contribution in [2.75, 3.05) is 17.4 Å². The molecule has 230 valence electrons. The molecule has 4 aromatic rings. The lowest BCUT2D eigenvalue weighted by Crippen LogP contribution is -2.53. The molecule has 0 saturated heterocycles. The Labute approximate surface area is 273 Å². The number of nitrogens with one attached hydrogen (secondary N) is 1. The summed E-state index contributed by atoms with van der Waals surface area (Å²) in [5, 5.41) is 3.48. The first-order chi connectivity index (χ1) is 21.1. The second-order valence-corrected chi connectivity index (χ2v) is 13.7. The summed E-state index contributed by atoms with van der Waals surface area (Å²) in [6.07, 6.45) is 0.970. The number of rotatable bonds is 13. The van der Waals surface area contributed by atoms with Crippen LogP contribution < -0.4 is 9.62 Å². The molecular formula is C34H35BrClN3O4S. The van der Waals surface area contributed by atoms with Gasteiger partial charge in [0.25, 0.3) is 10.0 Å². The summed E-state index contributed by atoms with van der Waals surface area (Å²) in [6, 6.07) is 28.9. The van der Waals surface area contributed by atoms with Crippen LogP contribution in [0.5, 0.6) is 0 Å². The average molecular weight is 697 g/mol. The van der Waals surface area contributed by atoms with Crippen LogP contribution in [0.25, 0.3) is 0 Å². The van der Waals surface area contributed by atoms with E-state index in [4.69, 9.17) is 11.6 Å². The maximum absolute atomic E-state index is 14.4. The van der Waals surface area contributed by atoms with E-state index in [0.717, 1.165) is 27.4 Å². The Balaban J connectivity index is 1.79. The molecule has 1 atom stereocenters. The lowest BCUT2D eigenvalue weighted by molar-refractivity contribution is -0.140. The first-order valence-corrected chi connectivity index (χ1v) is 16.9. The van der Waals surface area contributed by atoms with E-state index in [0.29, 0.717) is 21.7 Å². The third kappa shape index (κ3) is 8.71. The number of hydrogen-bond acceptors (Lipinski definition) is 4. The minimum absolute atomic E-state index is 0.0571. The van der Waals surface area contributed by atoms with Crippen molar-refractivity contribution in [3.63, 3.8) is 0 Å². The van der Waals surface area contributed by atoms with E-state index in [1.54, 1.807) is 60.7 Å². The molecule has 0 spiro atoms. The van der Waals surface area contributed by atoms with Gasteiger partial charge in [0.15, 0.2) is 0 Å². The fraction of sp³-hybridized carbons (Fsp3) is 0.235. The highest BCUT2D eigenvalue weighted by Crippen LogP contribution is 2.27. The average Bonchev–Trinajstić information content (AvgIpc) is 3.01. The quantitative estimate of drug-likeness (QED) is 0.167. The van der Waals surface area contributed by atoms with E-state index in [1.807, 2.05) is 44.2 Å². The second-order valence-electron chi connectivity index (χ2n) is 10.4. The van der Waals surface area contributed by atoms with Gasteiger partial charge in [-0.1, -0.05) is 101 Å². The lowest BCUT2D eigenvalue weighted by atomic mass is 10.0. The molecule has 0 aliphatic rings. The summed E-state index contributed by atoms with van der Waals surface area (Å²) in [5.41, 5.74) is 2.84. The molecule has 0 fully saturated rings. The van der Waals surface area contributed by atoms with Gasteiger partial charge in [-0.15, -0.1) is 0 Å². The number of halogens is 2. The molecule has 0 saturated carbocycles. The SMILES string of the molecule is CCCNC(=O)C(Cc1ccccc1)N(Cc1ccc(Cl)cc1)C(=O)CN(c1cccc(Br)c1)S(=O)(=O)c1ccc(C)cc1. The van der Waals surface area contributed by atoms with Gasteiger partial charge in [0.1, 0.15) is 12.6 Å². The van der Waals surface area contributed by atoms with Crippen molar-refractivity contribution in [2.24, 2.45) is 0 Å². The Kier molecular flexibility index (Phi) is 11.6. The van der Waals surface area contributed by atoms with Crippen LogP contribution >= 0.6 is 27.5 Å². The maximum Gasteiger partial charge on any atom is 0.264 e. The van der Waals surface area contributed by atoms with Crippen LogP contribution in [0.2, 0.25) is 5.02 Å². The van der Waals surface area contributed by atoms with Crippen molar-refractivity contribution in [3.8, 4) is 0 Å². The minimum Gasteiger partial charge on any atom is -0.354 e. The van der Waals surface area contributed by atoms with Gasteiger partial charge in [-0.05, 0) is 66.9 Å². The van der Waals surface area contributed by atoms with E-state index in [-0.39, 0.29) is 23.8 Å². The monoisotopic (exact) mass is 695 g/mol.